The van der Waals surface area contributed by atoms with Crippen LogP contribution in [0.2, 0.25) is 0 Å². The lowest BCUT2D eigenvalue weighted by molar-refractivity contribution is 0.314. The monoisotopic (exact) mass is 296 g/mol. The Labute approximate surface area is 121 Å². The fraction of sp³-hybridized carbons (Fsp3) is 0.250. The van der Waals surface area contributed by atoms with Gasteiger partial charge in [0.15, 0.2) is 11.6 Å². The van der Waals surface area contributed by atoms with Crippen molar-refractivity contribution in [2.75, 3.05) is 13.2 Å². The zero-order chi connectivity index (χ0) is 15.4. The van der Waals surface area contributed by atoms with Gasteiger partial charge >= 0.3 is 0 Å². The SMILES string of the molecule is CCOc1ccc(-c2ccc(OCC)c(F)c2F)c(F)c1. The lowest BCUT2D eigenvalue weighted by Crippen LogP contribution is -1.99. The molecule has 2 nitrogen and oxygen atoms in total. The Bertz CT molecular complexity index is 642. The summed E-state index contributed by atoms with van der Waals surface area (Å²) >= 11 is 0. The van der Waals surface area contributed by atoms with Crippen molar-refractivity contribution in [1.29, 1.82) is 0 Å². The second kappa shape index (κ2) is 6.52. The van der Waals surface area contributed by atoms with E-state index in [9.17, 15) is 13.2 Å². The first-order chi connectivity index (χ1) is 10.1. The molecule has 112 valence electrons. The van der Waals surface area contributed by atoms with Crippen LogP contribution in [0.1, 0.15) is 13.8 Å². The molecule has 2 aromatic rings. The highest BCUT2D eigenvalue weighted by atomic mass is 19.2. The lowest BCUT2D eigenvalue weighted by atomic mass is 10.0. The molecule has 0 amide bonds. The van der Waals surface area contributed by atoms with Crippen LogP contribution in [0.15, 0.2) is 30.3 Å². The summed E-state index contributed by atoms with van der Waals surface area (Å²) in [5.74, 6) is -2.79. The summed E-state index contributed by atoms with van der Waals surface area (Å²) in [5.41, 5.74) is -0.186. The normalized spacial score (nSPS) is 10.5. The predicted octanol–water partition coefficient (Wildman–Crippen LogP) is 4.57. The summed E-state index contributed by atoms with van der Waals surface area (Å²) in [6, 6.07) is 6.59. The maximum absolute atomic E-state index is 14.0. The third kappa shape index (κ3) is 3.12. The highest BCUT2D eigenvalue weighted by Gasteiger charge is 2.18. The molecule has 2 aromatic carbocycles. The Morgan fingerprint density at radius 2 is 1.48 bits per heavy atom. The first-order valence-corrected chi connectivity index (χ1v) is 6.62. The zero-order valence-corrected chi connectivity index (χ0v) is 11.8. The molecule has 0 N–H and O–H groups in total. The van der Waals surface area contributed by atoms with E-state index < -0.39 is 17.5 Å². The van der Waals surface area contributed by atoms with Gasteiger partial charge < -0.3 is 9.47 Å². The molecule has 0 saturated carbocycles. The molecule has 0 spiro atoms. The quantitative estimate of drug-likeness (QED) is 0.804. The largest absolute Gasteiger partial charge is 0.494 e. The van der Waals surface area contributed by atoms with Gasteiger partial charge in [0.05, 0.1) is 13.2 Å². The molecule has 0 unspecified atom stereocenters. The minimum atomic E-state index is -1.14. The van der Waals surface area contributed by atoms with Crippen molar-refractivity contribution in [1.82, 2.24) is 0 Å². The molecule has 0 atom stereocenters. The molecule has 0 heterocycles. The van der Waals surface area contributed by atoms with Gasteiger partial charge in [-0.25, -0.2) is 8.78 Å². The second-order valence-corrected chi connectivity index (χ2v) is 4.25. The molecule has 21 heavy (non-hydrogen) atoms. The minimum absolute atomic E-state index is 0.0297. The Hall–Kier alpha value is -2.17. The number of ether oxygens (including phenoxy) is 2. The van der Waals surface area contributed by atoms with Gasteiger partial charge in [-0.3, -0.25) is 0 Å². The van der Waals surface area contributed by atoms with E-state index in [1.54, 1.807) is 13.8 Å². The van der Waals surface area contributed by atoms with E-state index in [4.69, 9.17) is 9.47 Å². The molecule has 0 radical (unpaired) electrons. The van der Waals surface area contributed by atoms with Crippen molar-refractivity contribution < 1.29 is 22.6 Å². The molecule has 0 aliphatic carbocycles. The molecule has 0 bridgehead atoms. The number of hydrogen-bond acceptors (Lipinski definition) is 2. The van der Waals surface area contributed by atoms with Crippen LogP contribution in [-0.2, 0) is 0 Å². The average molecular weight is 296 g/mol. The maximum Gasteiger partial charge on any atom is 0.201 e. The van der Waals surface area contributed by atoms with E-state index in [0.717, 1.165) is 6.07 Å². The molecule has 0 aromatic heterocycles. The molecule has 0 aliphatic heterocycles. The molecular weight excluding hydrogens is 281 g/mol. The van der Waals surface area contributed by atoms with Crippen LogP contribution >= 0.6 is 0 Å². The van der Waals surface area contributed by atoms with Gasteiger partial charge in [0.25, 0.3) is 0 Å². The average Bonchev–Trinajstić information content (AvgIpc) is 2.46. The molecule has 0 saturated heterocycles. The number of halogens is 3. The van der Waals surface area contributed by atoms with Gasteiger partial charge in [-0.15, -0.1) is 0 Å². The predicted molar refractivity (Wildman–Crippen MR) is 74.1 cm³/mol. The van der Waals surface area contributed by atoms with Crippen molar-refractivity contribution in [3.05, 3.63) is 47.8 Å². The summed E-state index contributed by atoms with van der Waals surface area (Å²) < 4.78 is 52.0. The van der Waals surface area contributed by atoms with Gasteiger partial charge in [0, 0.05) is 17.2 Å². The van der Waals surface area contributed by atoms with Crippen molar-refractivity contribution in [2.24, 2.45) is 0 Å². The topological polar surface area (TPSA) is 18.5 Å². The standard InChI is InChI=1S/C16H15F3O2/c1-3-20-10-5-6-11(13(17)9-10)12-7-8-14(21-4-2)16(19)15(12)18/h5-9H,3-4H2,1-2H3. The van der Waals surface area contributed by atoms with E-state index >= 15 is 0 Å². The highest BCUT2D eigenvalue weighted by Crippen LogP contribution is 2.32. The summed E-state index contributed by atoms with van der Waals surface area (Å²) in [4.78, 5) is 0. The summed E-state index contributed by atoms with van der Waals surface area (Å²) in [7, 11) is 0. The van der Waals surface area contributed by atoms with E-state index in [2.05, 4.69) is 0 Å². The fourth-order valence-corrected chi connectivity index (χ4v) is 1.98. The molecule has 5 heteroatoms. The third-order valence-corrected chi connectivity index (χ3v) is 2.89. The molecule has 2 rings (SSSR count). The highest BCUT2D eigenvalue weighted by molar-refractivity contribution is 5.66. The Balaban J connectivity index is 2.45. The molecular formula is C16H15F3O2. The summed E-state index contributed by atoms with van der Waals surface area (Å²) in [6.07, 6.45) is 0. The van der Waals surface area contributed by atoms with Crippen molar-refractivity contribution in [3.8, 4) is 22.6 Å². The van der Waals surface area contributed by atoms with Crippen molar-refractivity contribution in [2.45, 2.75) is 13.8 Å². The number of hydrogen-bond donors (Lipinski definition) is 0. The van der Waals surface area contributed by atoms with E-state index in [1.165, 1.54) is 24.3 Å². The van der Waals surface area contributed by atoms with E-state index in [-0.39, 0.29) is 23.5 Å². The zero-order valence-electron chi connectivity index (χ0n) is 11.8. The summed E-state index contributed by atoms with van der Waals surface area (Å²) in [6.45, 7) is 4.04. The van der Waals surface area contributed by atoms with Crippen LogP contribution in [0.3, 0.4) is 0 Å². The van der Waals surface area contributed by atoms with Crippen LogP contribution in [0.5, 0.6) is 11.5 Å². The van der Waals surface area contributed by atoms with Gasteiger partial charge in [0.1, 0.15) is 11.6 Å². The lowest BCUT2D eigenvalue weighted by Gasteiger charge is -2.11. The van der Waals surface area contributed by atoms with Gasteiger partial charge in [-0.2, -0.15) is 4.39 Å². The van der Waals surface area contributed by atoms with Crippen molar-refractivity contribution in [3.63, 3.8) is 0 Å². The van der Waals surface area contributed by atoms with E-state index in [0.29, 0.717) is 12.4 Å². The Kier molecular flexibility index (Phi) is 4.73. The third-order valence-electron chi connectivity index (χ3n) is 2.89. The first kappa shape index (κ1) is 15.2. The maximum atomic E-state index is 14.0. The fourth-order valence-electron chi connectivity index (χ4n) is 1.98. The minimum Gasteiger partial charge on any atom is -0.494 e. The van der Waals surface area contributed by atoms with Crippen LogP contribution in [0.4, 0.5) is 13.2 Å². The number of benzene rings is 2. The van der Waals surface area contributed by atoms with E-state index in [1.807, 2.05) is 0 Å². The van der Waals surface area contributed by atoms with Crippen molar-refractivity contribution >= 4 is 0 Å². The smallest absolute Gasteiger partial charge is 0.201 e. The van der Waals surface area contributed by atoms with Gasteiger partial charge in [-0.05, 0) is 38.1 Å². The Morgan fingerprint density at radius 1 is 0.810 bits per heavy atom. The molecule has 0 aliphatic rings. The first-order valence-electron chi connectivity index (χ1n) is 6.62. The van der Waals surface area contributed by atoms with Crippen LogP contribution in [0, 0.1) is 17.5 Å². The van der Waals surface area contributed by atoms with Crippen LogP contribution in [0.25, 0.3) is 11.1 Å². The number of rotatable bonds is 5. The second-order valence-electron chi connectivity index (χ2n) is 4.25. The summed E-state index contributed by atoms with van der Waals surface area (Å²) in [5, 5.41) is 0. The molecule has 0 fully saturated rings. The van der Waals surface area contributed by atoms with Gasteiger partial charge in [0.2, 0.25) is 5.82 Å². The van der Waals surface area contributed by atoms with Gasteiger partial charge in [-0.1, -0.05) is 0 Å². The van der Waals surface area contributed by atoms with Crippen LogP contribution in [-0.4, -0.2) is 13.2 Å². The Morgan fingerprint density at radius 3 is 2.10 bits per heavy atom. The van der Waals surface area contributed by atoms with Crippen LogP contribution < -0.4 is 9.47 Å².